The maximum atomic E-state index is 5.55. The van der Waals surface area contributed by atoms with Crippen molar-refractivity contribution in [2.45, 2.75) is 18.6 Å². The summed E-state index contributed by atoms with van der Waals surface area (Å²) in [5.41, 5.74) is 0. The van der Waals surface area contributed by atoms with E-state index in [2.05, 4.69) is 12.2 Å². The number of hydrogen-bond donors (Lipinski definition) is 0. The van der Waals surface area contributed by atoms with E-state index in [4.69, 9.17) is 9.47 Å². The standard InChI is InChI=1S/C9H12O2/c1-3-7-10-9(5-1)6-2-4-8-11-9/h1-3,6H,4-5,7-8H2. The average Bonchev–Trinajstić information content (AvgIpc) is 2.07. The van der Waals surface area contributed by atoms with E-state index in [1.807, 2.05) is 12.2 Å². The van der Waals surface area contributed by atoms with E-state index in [1.54, 1.807) is 0 Å². The summed E-state index contributed by atoms with van der Waals surface area (Å²) in [7, 11) is 0. The average molecular weight is 152 g/mol. The second-order valence-electron chi connectivity index (χ2n) is 2.84. The second-order valence-corrected chi connectivity index (χ2v) is 2.84. The van der Waals surface area contributed by atoms with Crippen molar-refractivity contribution in [1.82, 2.24) is 0 Å². The van der Waals surface area contributed by atoms with Crippen LogP contribution in [0.2, 0.25) is 0 Å². The van der Waals surface area contributed by atoms with E-state index < -0.39 is 5.79 Å². The summed E-state index contributed by atoms with van der Waals surface area (Å²) in [6, 6.07) is 0. The van der Waals surface area contributed by atoms with E-state index in [9.17, 15) is 0 Å². The van der Waals surface area contributed by atoms with Crippen LogP contribution in [0, 0.1) is 0 Å². The molecular weight excluding hydrogens is 140 g/mol. The molecular formula is C9H12O2. The van der Waals surface area contributed by atoms with Crippen LogP contribution in [0.1, 0.15) is 12.8 Å². The van der Waals surface area contributed by atoms with Gasteiger partial charge >= 0.3 is 0 Å². The van der Waals surface area contributed by atoms with Crippen molar-refractivity contribution in [2.75, 3.05) is 13.2 Å². The molecule has 0 amide bonds. The lowest BCUT2D eigenvalue weighted by atomic mass is 10.1. The van der Waals surface area contributed by atoms with Gasteiger partial charge in [0.1, 0.15) is 0 Å². The van der Waals surface area contributed by atoms with Crippen molar-refractivity contribution in [2.24, 2.45) is 0 Å². The van der Waals surface area contributed by atoms with Crippen molar-refractivity contribution in [3.8, 4) is 0 Å². The molecule has 0 aromatic rings. The van der Waals surface area contributed by atoms with Crippen LogP contribution in [0.3, 0.4) is 0 Å². The Morgan fingerprint density at radius 3 is 2.73 bits per heavy atom. The fourth-order valence-electron chi connectivity index (χ4n) is 1.39. The Kier molecular flexibility index (Phi) is 1.80. The summed E-state index contributed by atoms with van der Waals surface area (Å²) >= 11 is 0. The highest BCUT2D eigenvalue weighted by Crippen LogP contribution is 2.26. The van der Waals surface area contributed by atoms with Gasteiger partial charge in [0.2, 0.25) is 0 Å². The summed E-state index contributed by atoms with van der Waals surface area (Å²) < 4.78 is 11.1. The van der Waals surface area contributed by atoms with Crippen LogP contribution in [-0.2, 0) is 9.47 Å². The molecule has 0 saturated heterocycles. The molecule has 1 atom stereocenters. The second kappa shape index (κ2) is 2.80. The predicted octanol–water partition coefficient (Wildman–Crippen LogP) is 1.64. The summed E-state index contributed by atoms with van der Waals surface area (Å²) in [5.74, 6) is -0.410. The fraction of sp³-hybridized carbons (Fsp3) is 0.556. The van der Waals surface area contributed by atoms with Crippen molar-refractivity contribution in [3.05, 3.63) is 24.3 Å². The highest BCUT2D eigenvalue weighted by atomic mass is 16.7. The van der Waals surface area contributed by atoms with E-state index in [0.29, 0.717) is 6.61 Å². The Morgan fingerprint density at radius 2 is 2.09 bits per heavy atom. The van der Waals surface area contributed by atoms with Gasteiger partial charge in [-0.3, -0.25) is 0 Å². The van der Waals surface area contributed by atoms with Gasteiger partial charge in [-0.2, -0.15) is 0 Å². The van der Waals surface area contributed by atoms with Crippen molar-refractivity contribution in [3.63, 3.8) is 0 Å². The minimum Gasteiger partial charge on any atom is -0.346 e. The molecule has 1 spiro atoms. The Balaban J connectivity index is 2.13. The lowest BCUT2D eigenvalue weighted by molar-refractivity contribution is -0.203. The topological polar surface area (TPSA) is 18.5 Å². The summed E-state index contributed by atoms with van der Waals surface area (Å²) in [6.07, 6.45) is 10.1. The van der Waals surface area contributed by atoms with Gasteiger partial charge in [0, 0.05) is 6.42 Å². The molecule has 2 rings (SSSR count). The molecule has 0 aromatic carbocycles. The van der Waals surface area contributed by atoms with Gasteiger partial charge in [-0.25, -0.2) is 0 Å². The molecule has 2 heteroatoms. The normalized spacial score (nSPS) is 36.4. The first kappa shape index (κ1) is 7.07. The van der Waals surface area contributed by atoms with Crippen LogP contribution in [0.5, 0.6) is 0 Å². The summed E-state index contributed by atoms with van der Waals surface area (Å²) in [5, 5.41) is 0. The Bertz CT molecular complexity index is 196. The van der Waals surface area contributed by atoms with Crippen LogP contribution in [0.25, 0.3) is 0 Å². The van der Waals surface area contributed by atoms with E-state index in [1.165, 1.54) is 0 Å². The van der Waals surface area contributed by atoms with Crippen molar-refractivity contribution in [1.29, 1.82) is 0 Å². The predicted molar refractivity (Wildman–Crippen MR) is 42.1 cm³/mol. The smallest absolute Gasteiger partial charge is 0.191 e. The first-order valence-corrected chi connectivity index (χ1v) is 4.02. The van der Waals surface area contributed by atoms with Crippen LogP contribution < -0.4 is 0 Å². The molecule has 0 N–H and O–H groups in total. The van der Waals surface area contributed by atoms with Gasteiger partial charge in [0.25, 0.3) is 0 Å². The van der Waals surface area contributed by atoms with Crippen LogP contribution >= 0.6 is 0 Å². The van der Waals surface area contributed by atoms with Crippen LogP contribution in [0.15, 0.2) is 24.3 Å². The zero-order valence-corrected chi connectivity index (χ0v) is 6.45. The molecule has 0 bridgehead atoms. The molecule has 2 heterocycles. The quantitative estimate of drug-likeness (QED) is 0.491. The highest BCUT2D eigenvalue weighted by Gasteiger charge is 2.30. The SMILES string of the molecule is C1=CC2(CC=CCO2)OCC1. The minimum absolute atomic E-state index is 0.410. The van der Waals surface area contributed by atoms with Gasteiger partial charge in [-0.05, 0) is 12.5 Å². The van der Waals surface area contributed by atoms with Crippen LogP contribution in [0.4, 0.5) is 0 Å². The Labute approximate surface area is 66.5 Å². The molecule has 11 heavy (non-hydrogen) atoms. The first-order chi connectivity index (χ1) is 5.41. The van der Waals surface area contributed by atoms with Crippen LogP contribution in [-0.4, -0.2) is 19.0 Å². The number of ether oxygens (including phenoxy) is 2. The molecule has 60 valence electrons. The molecule has 0 aromatic heterocycles. The van der Waals surface area contributed by atoms with Gasteiger partial charge in [-0.1, -0.05) is 18.2 Å². The number of rotatable bonds is 0. The summed E-state index contributed by atoms with van der Waals surface area (Å²) in [6.45, 7) is 1.45. The maximum absolute atomic E-state index is 5.55. The third-order valence-corrected chi connectivity index (χ3v) is 2.00. The maximum Gasteiger partial charge on any atom is 0.191 e. The molecule has 0 aliphatic carbocycles. The molecule has 1 unspecified atom stereocenters. The molecule has 2 nitrogen and oxygen atoms in total. The zero-order valence-electron chi connectivity index (χ0n) is 6.45. The highest BCUT2D eigenvalue weighted by molar-refractivity contribution is 5.06. The molecule has 2 aliphatic heterocycles. The van der Waals surface area contributed by atoms with E-state index >= 15 is 0 Å². The zero-order chi connectivity index (χ0) is 7.57. The van der Waals surface area contributed by atoms with Gasteiger partial charge in [-0.15, -0.1) is 0 Å². The van der Waals surface area contributed by atoms with Gasteiger partial charge in [0.15, 0.2) is 5.79 Å². The molecule has 0 fully saturated rings. The Hall–Kier alpha value is -0.600. The first-order valence-electron chi connectivity index (χ1n) is 4.02. The molecule has 0 saturated carbocycles. The molecule has 2 aliphatic rings. The van der Waals surface area contributed by atoms with E-state index in [0.717, 1.165) is 19.4 Å². The van der Waals surface area contributed by atoms with Gasteiger partial charge < -0.3 is 9.47 Å². The van der Waals surface area contributed by atoms with Crippen molar-refractivity contribution < 1.29 is 9.47 Å². The monoisotopic (exact) mass is 152 g/mol. The fourth-order valence-corrected chi connectivity index (χ4v) is 1.39. The largest absolute Gasteiger partial charge is 0.346 e. The van der Waals surface area contributed by atoms with Gasteiger partial charge in [0.05, 0.1) is 13.2 Å². The third kappa shape index (κ3) is 1.37. The minimum atomic E-state index is -0.410. The lowest BCUT2D eigenvalue weighted by Crippen LogP contribution is -2.37. The third-order valence-electron chi connectivity index (χ3n) is 2.00. The lowest BCUT2D eigenvalue weighted by Gasteiger charge is -2.33. The Morgan fingerprint density at radius 1 is 1.09 bits per heavy atom. The number of hydrogen-bond acceptors (Lipinski definition) is 2. The molecule has 0 radical (unpaired) electrons. The van der Waals surface area contributed by atoms with E-state index in [-0.39, 0.29) is 0 Å². The van der Waals surface area contributed by atoms with Crippen molar-refractivity contribution >= 4 is 0 Å². The summed E-state index contributed by atoms with van der Waals surface area (Å²) in [4.78, 5) is 0.